The number of hydrogen-bond acceptors (Lipinski definition) is 7. The number of aryl methyl sites for hydroxylation is 3. The summed E-state index contributed by atoms with van der Waals surface area (Å²) in [7, 11) is 0. The molecule has 0 N–H and O–H groups in total. The number of amides is 1. The van der Waals surface area contributed by atoms with E-state index in [0.29, 0.717) is 17.7 Å². The fourth-order valence-corrected chi connectivity index (χ4v) is 3.63. The largest absolute Gasteiger partial charge is 0.510 e. The molecule has 1 heterocycles. The Hall–Kier alpha value is -1.87. The van der Waals surface area contributed by atoms with Crippen LogP contribution in [0.15, 0.2) is 12.1 Å². The van der Waals surface area contributed by atoms with Gasteiger partial charge in [-0.25, -0.2) is 14.4 Å². The van der Waals surface area contributed by atoms with E-state index >= 15 is 0 Å². The quantitative estimate of drug-likeness (QED) is 0.338. The third-order valence-electron chi connectivity index (χ3n) is 5.21. The van der Waals surface area contributed by atoms with Gasteiger partial charge in [0.15, 0.2) is 6.23 Å². The van der Waals surface area contributed by atoms with Crippen molar-refractivity contribution >= 4 is 18.0 Å². The van der Waals surface area contributed by atoms with Crippen LogP contribution in [0.25, 0.3) is 0 Å². The van der Waals surface area contributed by atoms with Crippen LogP contribution in [-0.4, -0.2) is 44.6 Å². The van der Waals surface area contributed by atoms with Gasteiger partial charge in [-0.15, -0.1) is 0 Å². The Bertz CT molecular complexity index is 898. The van der Waals surface area contributed by atoms with Crippen molar-refractivity contribution in [3.63, 3.8) is 0 Å². The smallest absolute Gasteiger partial charge is 0.431 e. The van der Waals surface area contributed by atoms with E-state index in [1.807, 2.05) is 26.8 Å². The normalized spacial score (nSPS) is 15.0. The molecule has 1 aromatic carbocycles. The molecule has 2 aromatic rings. The Balaban J connectivity index is 0.00000341. The van der Waals surface area contributed by atoms with Crippen LogP contribution in [0.2, 0.25) is 0 Å². The molecule has 3 rings (SSSR count). The van der Waals surface area contributed by atoms with E-state index < -0.39 is 12.4 Å². The third-order valence-corrected chi connectivity index (χ3v) is 5.21. The molecule has 1 aliphatic carbocycles. The van der Waals surface area contributed by atoms with Crippen molar-refractivity contribution in [3.8, 4) is 0 Å². The van der Waals surface area contributed by atoms with Crippen molar-refractivity contribution in [1.82, 2.24) is 20.2 Å². The van der Waals surface area contributed by atoms with Crippen molar-refractivity contribution in [3.05, 3.63) is 34.9 Å². The third kappa shape index (κ3) is 6.32. The van der Waals surface area contributed by atoms with E-state index in [-0.39, 0.29) is 50.7 Å². The SMILES string of the molecule is CCn1nnnc1N(C(=O)c1ccc(C)[c-]c1C)C(C)OC(=O)OC1CCCCC1.[Y]. The Morgan fingerprint density at radius 2 is 1.97 bits per heavy atom. The minimum absolute atomic E-state index is 0. The number of rotatable bonds is 6. The summed E-state index contributed by atoms with van der Waals surface area (Å²) in [5.74, 6) is -0.188. The molecule has 1 radical (unpaired) electrons. The molecule has 0 bridgehead atoms. The topological polar surface area (TPSA) is 99.4 Å². The summed E-state index contributed by atoms with van der Waals surface area (Å²) >= 11 is 0. The molecular formula is C21H28N5O4Y-. The molecule has 1 unspecified atom stereocenters. The van der Waals surface area contributed by atoms with Crippen molar-refractivity contribution in [2.75, 3.05) is 4.90 Å². The molecule has 31 heavy (non-hydrogen) atoms. The molecule has 1 saturated carbocycles. The summed E-state index contributed by atoms with van der Waals surface area (Å²) in [5.41, 5.74) is 2.05. The van der Waals surface area contributed by atoms with Crippen LogP contribution in [0.5, 0.6) is 0 Å². The van der Waals surface area contributed by atoms with Crippen molar-refractivity contribution in [2.24, 2.45) is 0 Å². The summed E-state index contributed by atoms with van der Waals surface area (Å²) < 4.78 is 12.4. The van der Waals surface area contributed by atoms with Crippen LogP contribution in [0, 0.1) is 19.9 Å². The van der Waals surface area contributed by atoms with Gasteiger partial charge < -0.3 is 9.47 Å². The van der Waals surface area contributed by atoms with Crippen LogP contribution < -0.4 is 4.90 Å². The standard InChI is InChI=1S/C21H28N5O4.Y/c1-5-25-20(22-23-24-25)26(19(27)18-12-11-14(2)13-15(18)3)16(4)29-21(28)30-17-9-7-6-8-10-17;/h11-12,16-17H,5-10H2,1-4H3;/q-1;. The Morgan fingerprint density at radius 1 is 1.26 bits per heavy atom. The van der Waals surface area contributed by atoms with Gasteiger partial charge in [0.25, 0.3) is 5.95 Å². The van der Waals surface area contributed by atoms with E-state index in [4.69, 9.17) is 9.47 Å². The minimum atomic E-state index is -0.967. The van der Waals surface area contributed by atoms with Gasteiger partial charge in [-0.1, -0.05) is 30.9 Å². The number of aromatic nitrogens is 4. The molecule has 165 valence electrons. The maximum absolute atomic E-state index is 13.4. The summed E-state index contributed by atoms with van der Waals surface area (Å²) in [4.78, 5) is 27.1. The molecule has 0 aliphatic heterocycles. The van der Waals surface area contributed by atoms with Gasteiger partial charge in [0.05, 0.1) is 0 Å². The molecule has 1 aromatic heterocycles. The second-order valence-corrected chi connectivity index (χ2v) is 7.49. The van der Waals surface area contributed by atoms with Crippen LogP contribution in [0.4, 0.5) is 10.7 Å². The molecular weight excluding hydrogens is 475 g/mol. The van der Waals surface area contributed by atoms with E-state index in [2.05, 4.69) is 21.6 Å². The zero-order valence-corrected chi connectivity index (χ0v) is 21.3. The molecule has 1 aliphatic rings. The average molecular weight is 503 g/mol. The Kier molecular flexibility index (Phi) is 9.56. The number of carbonyl (C=O) groups excluding carboxylic acids is 2. The minimum Gasteiger partial charge on any atom is -0.431 e. The number of hydrogen-bond donors (Lipinski definition) is 0. The average Bonchev–Trinajstić information content (AvgIpc) is 3.16. The zero-order chi connectivity index (χ0) is 21.7. The molecule has 0 spiro atoms. The first-order valence-electron chi connectivity index (χ1n) is 10.4. The predicted molar refractivity (Wildman–Crippen MR) is 109 cm³/mol. The molecule has 1 fully saturated rings. The first kappa shape index (κ1) is 25.4. The number of ether oxygens (including phenoxy) is 2. The van der Waals surface area contributed by atoms with Gasteiger partial charge in [0.1, 0.15) is 6.10 Å². The maximum atomic E-state index is 13.4. The van der Waals surface area contributed by atoms with E-state index in [9.17, 15) is 9.59 Å². The van der Waals surface area contributed by atoms with Crippen LogP contribution >= 0.6 is 0 Å². The maximum Gasteiger partial charge on any atom is 0.510 e. The van der Waals surface area contributed by atoms with Crippen molar-refractivity contribution in [1.29, 1.82) is 0 Å². The Labute approximate surface area is 207 Å². The fourth-order valence-electron chi connectivity index (χ4n) is 3.63. The zero-order valence-electron chi connectivity index (χ0n) is 18.5. The summed E-state index contributed by atoms with van der Waals surface area (Å²) in [6.07, 6.45) is 2.98. The van der Waals surface area contributed by atoms with Crippen molar-refractivity contribution in [2.45, 2.75) is 78.7 Å². The van der Waals surface area contributed by atoms with Gasteiger partial charge in [0, 0.05) is 39.3 Å². The predicted octanol–water partition coefficient (Wildman–Crippen LogP) is 3.59. The Morgan fingerprint density at radius 3 is 2.61 bits per heavy atom. The summed E-state index contributed by atoms with van der Waals surface area (Å²) in [6, 6.07) is 6.68. The molecule has 9 nitrogen and oxygen atoms in total. The van der Waals surface area contributed by atoms with Crippen molar-refractivity contribution < 1.29 is 51.8 Å². The molecule has 0 saturated heterocycles. The second-order valence-electron chi connectivity index (χ2n) is 7.49. The number of tetrazole rings is 1. The summed E-state index contributed by atoms with van der Waals surface area (Å²) in [6.45, 7) is 7.62. The monoisotopic (exact) mass is 503 g/mol. The first-order chi connectivity index (χ1) is 14.4. The molecule has 1 atom stereocenters. The van der Waals surface area contributed by atoms with E-state index in [1.54, 1.807) is 13.0 Å². The molecule has 1 amide bonds. The van der Waals surface area contributed by atoms with Gasteiger partial charge >= 0.3 is 6.16 Å². The number of benzene rings is 1. The summed E-state index contributed by atoms with van der Waals surface area (Å²) in [5, 5.41) is 11.6. The van der Waals surface area contributed by atoms with Gasteiger partial charge in [0.2, 0.25) is 5.91 Å². The van der Waals surface area contributed by atoms with Gasteiger partial charge in [-0.2, -0.15) is 29.3 Å². The van der Waals surface area contributed by atoms with Gasteiger partial charge in [-0.05, 0) is 50.0 Å². The van der Waals surface area contributed by atoms with Crippen LogP contribution in [0.3, 0.4) is 0 Å². The van der Waals surface area contributed by atoms with Gasteiger partial charge in [-0.3, -0.25) is 4.79 Å². The number of anilines is 1. The van der Waals surface area contributed by atoms with Crippen LogP contribution in [-0.2, 0) is 48.7 Å². The second kappa shape index (κ2) is 11.7. The molecule has 10 heteroatoms. The van der Waals surface area contributed by atoms with E-state index in [1.165, 1.54) is 9.58 Å². The number of carbonyl (C=O) groups is 2. The van der Waals surface area contributed by atoms with Crippen LogP contribution in [0.1, 0.15) is 67.4 Å². The fraction of sp³-hybridized carbons (Fsp3) is 0.571. The first-order valence-corrected chi connectivity index (χ1v) is 10.4. The number of nitrogens with zero attached hydrogens (tertiary/aromatic N) is 5. The van der Waals surface area contributed by atoms with E-state index in [0.717, 1.165) is 37.7 Å².